The summed E-state index contributed by atoms with van der Waals surface area (Å²) < 4.78 is 1.74. The Morgan fingerprint density at radius 3 is 2.46 bits per heavy atom. The van der Waals surface area contributed by atoms with Gasteiger partial charge in [-0.3, -0.25) is 9.59 Å². The third kappa shape index (κ3) is 4.67. The van der Waals surface area contributed by atoms with Crippen LogP contribution in [0, 0.1) is 0 Å². The van der Waals surface area contributed by atoms with Gasteiger partial charge in [-0.1, -0.05) is 24.3 Å². The first-order valence-corrected chi connectivity index (χ1v) is 8.07. The predicted molar refractivity (Wildman–Crippen MR) is 102 cm³/mol. The fraction of sp³-hybridized carbons (Fsp3) is 0.0500. The number of nitrogens with one attached hydrogen (secondary N) is 2. The molecule has 0 aliphatic heterocycles. The Morgan fingerprint density at radius 1 is 1.00 bits per heavy atom. The van der Waals surface area contributed by atoms with E-state index >= 15 is 0 Å². The third-order valence-corrected chi connectivity index (χ3v) is 3.50. The van der Waals surface area contributed by atoms with Gasteiger partial charge in [-0.2, -0.15) is 5.10 Å². The molecule has 0 unspecified atom stereocenters. The zero-order chi connectivity index (χ0) is 18.4. The lowest BCUT2D eigenvalue weighted by molar-refractivity contribution is -0.114. The molecular formula is C20H18N4O2. The molecule has 3 rings (SSSR count). The number of nitrogens with zero attached hydrogens (tertiary/aromatic N) is 2. The molecule has 0 bridgehead atoms. The van der Waals surface area contributed by atoms with E-state index in [1.165, 1.54) is 13.0 Å². The Balaban J connectivity index is 1.63. The SMILES string of the molecule is CC(=O)Nc1cccc(NC(=O)/C=C/c2cnn(-c3ccccc3)c2)c1. The van der Waals surface area contributed by atoms with E-state index in [1.54, 1.807) is 41.2 Å². The maximum Gasteiger partial charge on any atom is 0.248 e. The number of benzene rings is 2. The molecule has 0 saturated heterocycles. The summed E-state index contributed by atoms with van der Waals surface area (Å²) in [7, 11) is 0. The summed E-state index contributed by atoms with van der Waals surface area (Å²) in [5.41, 5.74) is 3.00. The smallest absolute Gasteiger partial charge is 0.248 e. The summed E-state index contributed by atoms with van der Waals surface area (Å²) in [6.07, 6.45) is 6.67. The number of hydrogen-bond donors (Lipinski definition) is 2. The van der Waals surface area contributed by atoms with E-state index in [9.17, 15) is 9.59 Å². The highest BCUT2D eigenvalue weighted by atomic mass is 16.2. The number of aromatic nitrogens is 2. The van der Waals surface area contributed by atoms with Crippen molar-refractivity contribution in [2.45, 2.75) is 6.92 Å². The normalized spacial score (nSPS) is 10.7. The Hall–Kier alpha value is -3.67. The molecule has 0 spiro atoms. The first-order valence-electron chi connectivity index (χ1n) is 8.07. The second kappa shape index (κ2) is 7.94. The predicted octanol–water partition coefficient (Wildman–Crippen LogP) is 3.48. The van der Waals surface area contributed by atoms with Gasteiger partial charge >= 0.3 is 0 Å². The molecule has 26 heavy (non-hydrogen) atoms. The van der Waals surface area contributed by atoms with Crippen molar-refractivity contribution in [2.24, 2.45) is 0 Å². The summed E-state index contributed by atoms with van der Waals surface area (Å²) in [6.45, 7) is 1.43. The van der Waals surface area contributed by atoms with E-state index in [2.05, 4.69) is 15.7 Å². The van der Waals surface area contributed by atoms with Gasteiger partial charge in [0.25, 0.3) is 0 Å². The van der Waals surface area contributed by atoms with Crippen molar-refractivity contribution in [3.8, 4) is 5.69 Å². The molecule has 0 aliphatic rings. The van der Waals surface area contributed by atoms with Crippen LogP contribution in [-0.2, 0) is 9.59 Å². The van der Waals surface area contributed by atoms with Crippen LogP contribution in [0.1, 0.15) is 12.5 Å². The van der Waals surface area contributed by atoms with Gasteiger partial charge in [0.15, 0.2) is 0 Å². The van der Waals surface area contributed by atoms with Crippen molar-refractivity contribution in [1.29, 1.82) is 0 Å². The third-order valence-electron chi connectivity index (χ3n) is 3.50. The van der Waals surface area contributed by atoms with Crippen molar-refractivity contribution in [3.63, 3.8) is 0 Å². The monoisotopic (exact) mass is 346 g/mol. The number of amides is 2. The fourth-order valence-corrected chi connectivity index (χ4v) is 2.38. The van der Waals surface area contributed by atoms with E-state index in [4.69, 9.17) is 0 Å². The Morgan fingerprint density at radius 2 is 1.73 bits per heavy atom. The molecular weight excluding hydrogens is 328 g/mol. The van der Waals surface area contributed by atoms with Gasteiger partial charge in [-0.15, -0.1) is 0 Å². The van der Waals surface area contributed by atoms with Gasteiger partial charge in [-0.25, -0.2) is 4.68 Å². The van der Waals surface area contributed by atoms with E-state index in [0.717, 1.165) is 11.3 Å². The molecule has 6 nitrogen and oxygen atoms in total. The summed E-state index contributed by atoms with van der Waals surface area (Å²) in [5.74, 6) is -0.429. The fourth-order valence-electron chi connectivity index (χ4n) is 2.38. The lowest BCUT2D eigenvalue weighted by atomic mass is 10.2. The zero-order valence-electron chi connectivity index (χ0n) is 14.2. The largest absolute Gasteiger partial charge is 0.326 e. The van der Waals surface area contributed by atoms with Crippen molar-refractivity contribution in [2.75, 3.05) is 10.6 Å². The second-order valence-electron chi connectivity index (χ2n) is 5.64. The molecule has 6 heteroatoms. The molecule has 130 valence electrons. The molecule has 2 N–H and O–H groups in total. The van der Waals surface area contributed by atoms with Gasteiger partial charge in [0, 0.05) is 36.1 Å². The summed E-state index contributed by atoms with van der Waals surface area (Å²) >= 11 is 0. The molecule has 0 atom stereocenters. The average Bonchev–Trinajstić information content (AvgIpc) is 3.09. The summed E-state index contributed by atoms with van der Waals surface area (Å²) in [4.78, 5) is 23.2. The van der Waals surface area contributed by atoms with Crippen molar-refractivity contribution in [1.82, 2.24) is 9.78 Å². The maximum atomic E-state index is 12.1. The standard InChI is InChI=1S/C20H18N4O2/c1-15(25)22-17-6-5-7-18(12-17)23-20(26)11-10-16-13-21-24(14-16)19-8-3-2-4-9-19/h2-14H,1H3,(H,22,25)(H,23,26)/b11-10+. The van der Waals surface area contributed by atoms with Crippen LogP contribution < -0.4 is 10.6 Å². The number of rotatable bonds is 5. The molecule has 0 aliphatic carbocycles. The summed E-state index contributed by atoms with van der Waals surface area (Å²) in [6, 6.07) is 16.7. The van der Waals surface area contributed by atoms with Crippen LogP contribution in [0.2, 0.25) is 0 Å². The molecule has 2 amide bonds. The lowest BCUT2D eigenvalue weighted by Crippen LogP contribution is -2.09. The first-order chi connectivity index (χ1) is 12.6. The van der Waals surface area contributed by atoms with E-state index < -0.39 is 0 Å². The Bertz CT molecular complexity index is 945. The van der Waals surface area contributed by atoms with Crippen LogP contribution in [0.25, 0.3) is 11.8 Å². The molecule has 2 aromatic carbocycles. The van der Waals surface area contributed by atoms with Crippen molar-refractivity contribution < 1.29 is 9.59 Å². The van der Waals surface area contributed by atoms with Gasteiger partial charge in [-0.05, 0) is 36.4 Å². The number of hydrogen-bond acceptors (Lipinski definition) is 3. The number of carbonyl (C=O) groups is 2. The highest BCUT2D eigenvalue weighted by Gasteiger charge is 2.02. The summed E-state index contributed by atoms with van der Waals surface area (Å²) in [5, 5.41) is 9.72. The van der Waals surface area contributed by atoms with Gasteiger partial charge in [0.2, 0.25) is 11.8 Å². The number of para-hydroxylation sites is 1. The van der Waals surface area contributed by atoms with Crippen LogP contribution in [0.3, 0.4) is 0 Å². The lowest BCUT2D eigenvalue weighted by Gasteiger charge is -2.06. The van der Waals surface area contributed by atoms with Crippen LogP contribution in [0.4, 0.5) is 11.4 Å². The topological polar surface area (TPSA) is 76.0 Å². The van der Waals surface area contributed by atoms with Gasteiger partial charge in [0.05, 0.1) is 11.9 Å². The van der Waals surface area contributed by atoms with Crippen molar-refractivity contribution >= 4 is 29.3 Å². The molecule has 0 radical (unpaired) electrons. The second-order valence-corrected chi connectivity index (χ2v) is 5.64. The Kier molecular flexibility index (Phi) is 5.24. The minimum atomic E-state index is -0.266. The van der Waals surface area contributed by atoms with Crippen LogP contribution in [0.15, 0.2) is 73.1 Å². The molecule has 3 aromatic rings. The quantitative estimate of drug-likeness (QED) is 0.695. The molecule has 0 saturated carbocycles. The zero-order valence-corrected chi connectivity index (χ0v) is 14.2. The Labute approximate surface area is 151 Å². The maximum absolute atomic E-state index is 12.1. The molecule has 0 fully saturated rings. The van der Waals surface area contributed by atoms with E-state index in [-0.39, 0.29) is 11.8 Å². The van der Waals surface area contributed by atoms with E-state index in [0.29, 0.717) is 11.4 Å². The van der Waals surface area contributed by atoms with Gasteiger partial charge < -0.3 is 10.6 Å². The van der Waals surface area contributed by atoms with E-state index in [1.807, 2.05) is 36.5 Å². The highest BCUT2D eigenvalue weighted by molar-refractivity contribution is 6.02. The highest BCUT2D eigenvalue weighted by Crippen LogP contribution is 2.15. The first kappa shape index (κ1) is 17.2. The van der Waals surface area contributed by atoms with Crippen molar-refractivity contribution in [3.05, 3.63) is 78.6 Å². The van der Waals surface area contributed by atoms with Crippen LogP contribution >= 0.6 is 0 Å². The average molecular weight is 346 g/mol. The minimum absolute atomic E-state index is 0.163. The number of carbonyl (C=O) groups excluding carboxylic acids is 2. The molecule has 1 aromatic heterocycles. The van der Waals surface area contributed by atoms with Crippen LogP contribution in [0.5, 0.6) is 0 Å². The minimum Gasteiger partial charge on any atom is -0.326 e. The van der Waals surface area contributed by atoms with Gasteiger partial charge in [0.1, 0.15) is 0 Å². The number of anilines is 2. The van der Waals surface area contributed by atoms with Crippen LogP contribution in [-0.4, -0.2) is 21.6 Å². The molecule has 1 heterocycles.